The second-order valence-corrected chi connectivity index (χ2v) is 7.61. The van der Waals surface area contributed by atoms with Gasteiger partial charge in [0.15, 0.2) is 0 Å². The summed E-state index contributed by atoms with van der Waals surface area (Å²) in [5.41, 5.74) is 3.99. The van der Waals surface area contributed by atoms with Crippen molar-refractivity contribution in [1.82, 2.24) is 10.2 Å². The molecule has 4 rings (SSSR count). The van der Waals surface area contributed by atoms with Crippen LogP contribution in [0.25, 0.3) is 0 Å². The molecular weight excluding hydrogens is 308 g/mol. The van der Waals surface area contributed by atoms with Crippen molar-refractivity contribution in [1.29, 1.82) is 0 Å². The van der Waals surface area contributed by atoms with Crippen LogP contribution < -0.4 is 5.32 Å². The lowest BCUT2D eigenvalue weighted by molar-refractivity contribution is -0.171. The van der Waals surface area contributed by atoms with E-state index >= 15 is 0 Å². The molecule has 0 aliphatic carbocycles. The van der Waals surface area contributed by atoms with E-state index in [0.717, 1.165) is 45.6 Å². The van der Waals surface area contributed by atoms with E-state index in [1.54, 1.807) is 0 Å². The molecule has 3 heteroatoms. The maximum Gasteiger partial charge on any atom is 0.0960 e. The van der Waals surface area contributed by atoms with Gasteiger partial charge >= 0.3 is 0 Å². The van der Waals surface area contributed by atoms with Gasteiger partial charge in [0, 0.05) is 19.6 Å². The molecule has 2 heterocycles. The van der Waals surface area contributed by atoms with Crippen molar-refractivity contribution in [3.05, 3.63) is 71.3 Å². The number of nitrogens with one attached hydrogen (secondary N) is 1. The lowest BCUT2D eigenvalue weighted by Gasteiger charge is -2.48. The van der Waals surface area contributed by atoms with E-state index in [-0.39, 0.29) is 11.7 Å². The van der Waals surface area contributed by atoms with Gasteiger partial charge in [0.2, 0.25) is 0 Å². The topological polar surface area (TPSA) is 24.5 Å². The van der Waals surface area contributed by atoms with Crippen LogP contribution in [0.4, 0.5) is 0 Å². The summed E-state index contributed by atoms with van der Waals surface area (Å²) in [7, 11) is 0. The minimum absolute atomic E-state index is 0.00612. The Morgan fingerprint density at radius 3 is 2.48 bits per heavy atom. The van der Waals surface area contributed by atoms with Crippen LogP contribution in [-0.2, 0) is 11.3 Å². The van der Waals surface area contributed by atoms with Crippen LogP contribution in [0.5, 0.6) is 0 Å². The van der Waals surface area contributed by atoms with Crippen molar-refractivity contribution in [2.24, 2.45) is 0 Å². The Morgan fingerprint density at radius 2 is 1.76 bits per heavy atom. The Morgan fingerprint density at radius 1 is 1.04 bits per heavy atom. The molecule has 2 aromatic rings. The Labute approximate surface area is 151 Å². The average molecular weight is 336 g/mol. The molecule has 2 fully saturated rings. The molecule has 0 saturated carbocycles. The van der Waals surface area contributed by atoms with Gasteiger partial charge in [0.05, 0.1) is 11.7 Å². The number of hydrogen-bond acceptors (Lipinski definition) is 3. The van der Waals surface area contributed by atoms with Crippen LogP contribution in [-0.4, -0.2) is 36.7 Å². The largest absolute Gasteiger partial charge is 0.364 e. The number of aryl methyl sites for hydroxylation is 1. The Hall–Kier alpha value is -1.68. The van der Waals surface area contributed by atoms with Crippen LogP contribution in [0, 0.1) is 6.92 Å². The number of hydrogen-bond donors (Lipinski definition) is 1. The third-order valence-electron chi connectivity index (χ3n) is 5.54. The molecule has 25 heavy (non-hydrogen) atoms. The average Bonchev–Trinajstić information content (AvgIpc) is 2.63. The second kappa shape index (κ2) is 7.28. The number of ether oxygens (including phenoxy) is 1. The van der Waals surface area contributed by atoms with Crippen LogP contribution >= 0.6 is 0 Å². The van der Waals surface area contributed by atoms with Gasteiger partial charge in [-0.05, 0) is 44.0 Å². The zero-order chi connectivity index (χ0) is 17.1. The first-order valence-corrected chi connectivity index (χ1v) is 9.44. The standard InChI is InChI=1S/C22H28N2O/c1-18-7-9-20(10-8-18)21-16-24(15-19-5-3-2-4-6-19)17-22(25-21)11-13-23-14-12-22/h2-10,21,23H,11-17H2,1H3/t21-/m1/s1. The zero-order valence-electron chi connectivity index (χ0n) is 15.1. The zero-order valence-corrected chi connectivity index (χ0v) is 15.1. The predicted octanol–water partition coefficient (Wildman–Crippen LogP) is 3.69. The van der Waals surface area contributed by atoms with Crippen LogP contribution in [0.2, 0.25) is 0 Å². The molecule has 2 aliphatic heterocycles. The summed E-state index contributed by atoms with van der Waals surface area (Å²) in [6, 6.07) is 19.7. The molecule has 132 valence electrons. The summed E-state index contributed by atoms with van der Waals surface area (Å²) < 4.78 is 6.73. The van der Waals surface area contributed by atoms with E-state index in [4.69, 9.17) is 4.74 Å². The quantitative estimate of drug-likeness (QED) is 0.925. The van der Waals surface area contributed by atoms with Crippen molar-refractivity contribution in [2.75, 3.05) is 26.2 Å². The highest BCUT2D eigenvalue weighted by Gasteiger charge is 2.41. The number of rotatable bonds is 3. The van der Waals surface area contributed by atoms with E-state index in [9.17, 15) is 0 Å². The van der Waals surface area contributed by atoms with Gasteiger partial charge in [-0.25, -0.2) is 0 Å². The lowest BCUT2D eigenvalue weighted by atomic mass is 9.88. The van der Waals surface area contributed by atoms with Crippen molar-refractivity contribution in [3.8, 4) is 0 Å². The SMILES string of the molecule is Cc1ccc([C@H]2CN(Cc3ccccc3)CC3(CCNCC3)O2)cc1. The summed E-state index contributed by atoms with van der Waals surface area (Å²) in [6.07, 6.45) is 2.36. The summed E-state index contributed by atoms with van der Waals surface area (Å²) in [4.78, 5) is 2.59. The van der Waals surface area contributed by atoms with E-state index in [2.05, 4.69) is 71.7 Å². The molecule has 2 aliphatic rings. The summed E-state index contributed by atoms with van der Waals surface area (Å²) in [5.74, 6) is 0. The number of benzene rings is 2. The van der Waals surface area contributed by atoms with Crippen LogP contribution in [0.3, 0.4) is 0 Å². The van der Waals surface area contributed by atoms with Gasteiger partial charge in [-0.15, -0.1) is 0 Å². The molecule has 1 spiro atoms. The van der Waals surface area contributed by atoms with E-state index < -0.39 is 0 Å². The fraction of sp³-hybridized carbons (Fsp3) is 0.455. The minimum atomic E-state index is -0.00612. The molecule has 0 amide bonds. The third-order valence-corrected chi connectivity index (χ3v) is 5.54. The number of piperidine rings is 1. The molecule has 0 unspecified atom stereocenters. The molecule has 1 N–H and O–H groups in total. The molecule has 2 aromatic carbocycles. The van der Waals surface area contributed by atoms with Crippen molar-refractivity contribution < 1.29 is 4.74 Å². The Kier molecular flexibility index (Phi) is 4.89. The summed E-state index contributed by atoms with van der Waals surface area (Å²) >= 11 is 0. The van der Waals surface area contributed by atoms with Gasteiger partial charge in [-0.2, -0.15) is 0 Å². The minimum Gasteiger partial charge on any atom is -0.364 e. The normalized spacial score (nSPS) is 23.6. The smallest absolute Gasteiger partial charge is 0.0960 e. The first kappa shape index (κ1) is 16.8. The van der Waals surface area contributed by atoms with Gasteiger partial charge < -0.3 is 10.1 Å². The molecule has 1 atom stereocenters. The van der Waals surface area contributed by atoms with Gasteiger partial charge in [0.25, 0.3) is 0 Å². The third kappa shape index (κ3) is 3.95. The molecule has 0 aromatic heterocycles. The highest BCUT2D eigenvalue weighted by molar-refractivity contribution is 5.24. The molecular formula is C22H28N2O. The van der Waals surface area contributed by atoms with Crippen molar-refractivity contribution in [3.63, 3.8) is 0 Å². The monoisotopic (exact) mass is 336 g/mol. The predicted molar refractivity (Wildman–Crippen MR) is 102 cm³/mol. The second-order valence-electron chi connectivity index (χ2n) is 7.61. The molecule has 3 nitrogen and oxygen atoms in total. The fourth-order valence-corrected chi connectivity index (χ4v) is 4.16. The van der Waals surface area contributed by atoms with Crippen molar-refractivity contribution >= 4 is 0 Å². The maximum absolute atomic E-state index is 6.73. The highest BCUT2D eigenvalue weighted by Crippen LogP contribution is 2.37. The number of nitrogens with zero attached hydrogens (tertiary/aromatic N) is 1. The maximum atomic E-state index is 6.73. The van der Waals surface area contributed by atoms with E-state index in [0.29, 0.717) is 0 Å². The lowest BCUT2D eigenvalue weighted by Crippen LogP contribution is -2.56. The van der Waals surface area contributed by atoms with Gasteiger partial charge in [0.1, 0.15) is 0 Å². The first-order valence-electron chi connectivity index (χ1n) is 9.44. The Balaban J connectivity index is 1.57. The van der Waals surface area contributed by atoms with Gasteiger partial charge in [-0.1, -0.05) is 60.2 Å². The number of morpholine rings is 1. The molecule has 0 radical (unpaired) electrons. The molecule has 2 saturated heterocycles. The van der Waals surface area contributed by atoms with Crippen LogP contribution in [0.1, 0.15) is 35.6 Å². The van der Waals surface area contributed by atoms with Gasteiger partial charge in [-0.3, -0.25) is 4.90 Å². The summed E-state index contributed by atoms with van der Waals surface area (Å²) in [6.45, 7) is 7.25. The van der Waals surface area contributed by atoms with E-state index in [1.165, 1.54) is 16.7 Å². The summed E-state index contributed by atoms with van der Waals surface area (Å²) in [5, 5.41) is 3.48. The van der Waals surface area contributed by atoms with E-state index in [1.807, 2.05) is 0 Å². The van der Waals surface area contributed by atoms with Crippen molar-refractivity contribution in [2.45, 2.75) is 38.0 Å². The molecule has 0 bridgehead atoms. The Bertz CT molecular complexity index is 677. The fourth-order valence-electron chi connectivity index (χ4n) is 4.16. The highest BCUT2D eigenvalue weighted by atomic mass is 16.5. The first-order chi connectivity index (χ1) is 12.2. The van der Waals surface area contributed by atoms with Crippen LogP contribution in [0.15, 0.2) is 54.6 Å².